The van der Waals surface area contributed by atoms with E-state index in [0.717, 1.165) is 18.8 Å². The molecule has 1 N–H and O–H groups in total. The third-order valence-corrected chi connectivity index (χ3v) is 5.77. The molecular formula is C22H22N4O4S. The van der Waals surface area contributed by atoms with E-state index in [1.165, 1.54) is 29.9 Å². The zero-order chi connectivity index (χ0) is 22.0. The second-order valence-corrected chi connectivity index (χ2v) is 7.66. The minimum absolute atomic E-state index is 0.131. The molecule has 1 saturated heterocycles. The monoisotopic (exact) mass is 438 g/mol. The number of esters is 1. The van der Waals surface area contributed by atoms with Gasteiger partial charge < -0.3 is 19.5 Å². The van der Waals surface area contributed by atoms with Gasteiger partial charge in [0.05, 0.1) is 23.6 Å². The number of nitrogens with zero attached hydrogens (tertiary/aromatic N) is 3. The average Bonchev–Trinajstić information content (AvgIpc) is 2.81. The molecule has 0 atom stereocenters. The predicted octanol–water partition coefficient (Wildman–Crippen LogP) is 2.19. The van der Waals surface area contributed by atoms with Crippen LogP contribution in [0.1, 0.15) is 10.4 Å². The number of aromatic amines is 1. The predicted molar refractivity (Wildman–Crippen MR) is 120 cm³/mol. The maximum absolute atomic E-state index is 12.9. The van der Waals surface area contributed by atoms with Crippen LogP contribution in [0.15, 0.2) is 53.3 Å². The van der Waals surface area contributed by atoms with Crippen LogP contribution >= 0.6 is 12.2 Å². The van der Waals surface area contributed by atoms with Crippen LogP contribution in [0, 0.1) is 4.77 Å². The quantitative estimate of drug-likeness (QED) is 0.496. The highest BCUT2D eigenvalue weighted by molar-refractivity contribution is 7.71. The Hall–Kier alpha value is -3.46. The lowest BCUT2D eigenvalue weighted by atomic mass is 10.1. The van der Waals surface area contributed by atoms with Gasteiger partial charge in [-0.05, 0) is 42.5 Å². The second kappa shape index (κ2) is 8.73. The smallest absolute Gasteiger partial charge is 0.337 e. The van der Waals surface area contributed by atoms with Crippen molar-refractivity contribution in [3.05, 3.63) is 69.2 Å². The highest BCUT2D eigenvalue weighted by atomic mass is 32.1. The number of H-pyrrole nitrogens is 1. The van der Waals surface area contributed by atoms with Gasteiger partial charge in [-0.1, -0.05) is 18.2 Å². The molecule has 3 aromatic rings. The van der Waals surface area contributed by atoms with Gasteiger partial charge in [-0.3, -0.25) is 14.2 Å². The molecule has 8 nitrogen and oxygen atoms in total. The number of fused-ring (bicyclic) bond motifs is 1. The lowest BCUT2D eigenvalue weighted by Crippen LogP contribution is -2.50. The van der Waals surface area contributed by atoms with Crippen LogP contribution in [0.3, 0.4) is 0 Å². The first-order chi connectivity index (χ1) is 15.0. The van der Waals surface area contributed by atoms with Crippen molar-refractivity contribution in [1.29, 1.82) is 0 Å². The summed E-state index contributed by atoms with van der Waals surface area (Å²) in [7, 11) is 1.29. The number of methoxy groups -OCH3 is 1. The first-order valence-electron chi connectivity index (χ1n) is 9.91. The van der Waals surface area contributed by atoms with E-state index in [4.69, 9.17) is 17.0 Å². The third-order valence-electron chi connectivity index (χ3n) is 5.45. The summed E-state index contributed by atoms with van der Waals surface area (Å²) in [5.74, 6) is -0.657. The van der Waals surface area contributed by atoms with Gasteiger partial charge in [-0.25, -0.2) is 4.79 Å². The van der Waals surface area contributed by atoms with Gasteiger partial charge in [0.2, 0.25) is 5.91 Å². The van der Waals surface area contributed by atoms with Crippen molar-refractivity contribution in [3.8, 4) is 0 Å². The van der Waals surface area contributed by atoms with Gasteiger partial charge >= 0.3 is 5.97 Å². The van der Waals surface area contributed by atoms with E-state index < -0.39 is 5.97 Å². The van der Waals surface area contributed by atoms with E-state index in [1.807, 2.05) is 18.2 Å². The fourth-order valence-electron chi connectivity index (χ4n) is 3.73. The van der Waals surface area contributed by atoms with E-state index in [9.17, 15) is 14.4 Å². The summed E-state index contributed by atoms with van der Waals surface area (Å²) in [6.07, 6.45) is 0. The van der Waals surface area contributed by atoms with Gasteiger partial charge in [0.1, 0.15) is 6.54 Å². The maximum atomic E-state index is 12.9. The lowest BCUT2D eigenvalue weighted by Gasteiger charge is -2.36. The molecule has 9 heteroatoms. The number of amides is 1. The van der Waals surface area contributed by atoms with Crippen molar-refractivity contribution in [2.24, 2.45) is 0 Å². The average molecular weight is 439 g/mol. The zero-order valence-electron chi connectivity index (χ0n) is 17.0. The van der Waals surface area contributed by atoms with Gasteiger partial charge in [0, 0.05) is 31.9 Å². The van der Waals surface area contributed by atoms with E-state index in [1.54, 1.807) is 4.90 Å². The largest absolute Gasteiger partial charge is 0.465 e. The summed E-state index contributed by atoms with van der Waals surface area (Å²) in [6, 6.07) is 14.6. The maximum Gasteiger partial charge on any atom is 0.337 e. The number of carbonyl (C=O) groups is 2. The summed E-state index contributed by atoms with van der Waals surface area (Å²) < 4.78 is 6.11. The van der Waals surface area contributed by atoms with E-state index in [-0.39, 0.29) is 22.8 Å². The number of piperazine rings is 1. The van der Waals surface area contributed by atoms with Gasteiger partial charge in [-0.2, -0.15) is 0 Å². The molecule has 1 aromatic heterocycles. The number of hydrogen-bond donors (Lipinski definition) is 1. The molecule has 0 radical (unpaired) electrons. The van der Waals surface area contributed by atoms with Crippen molar-refractivity contribution < 1.29 is 14.3 Å². The molecule has 2 heterocycles. The van der Waals surface area contributed by atoms with E-state index in [0.29, 0.717) is 29.6 Å². The summed E-state index contributed by atoms with van der Waals surface area (Å²) >= 11 is 5.32. The molecule has 0 spiro atoms. The van der Waals surface area contributed by atoms with Crippen LogP contribution in [0.5, 0.6) is 0 Å². The first-order valence-corrected chi connectivity index (χ1v) is 10.3. The Morgan fingerprint density at radius 3 is 2.45 bits per heavy atom. The fourth-order valence-corrected chi connectivity index (χ4v) is 3.99. The number of anilines is 1. The van der Waals surface area contributed by atoms with Crippen molar-refractivity contribution in [1.82, 2.24) is 14.5 Å². The number of benzene rings is 2. The second-order valence-electron chi connectivity index (χ2n) is 7.28. The Morgan fingerprint density at radius 1 is 1.06 bits per heavy atom. The number of carbonyl (C=O) groups excluding carboxylic acids is 2. The lowest BCUT2D eigenvalue weighted by molar-refractivity contribution is -0.132. The van der Waals surface area contributed by atoms with Crippen molar-refractivity contribution in [2.45, 2.75) is 6.54 Å². The molecule has 4 rings (SSSR count). The summed E-state index contributed by atoms with van der Waals surface area (Å²) in [5.41, 5.74) is 1.50. The molecule has 1 fully saturated rings. The molecule has 1 amide bonds. The van der Waals surface area contributed by atoms with Crippen LogP contribution in [0.4, 0.5) is 5.69 Å². The van der Waals surface area contributed by atoms with E-state index in [2.05, 4.69) is 22.0 Å². The number of rotatable bonds is 4. The Labute approximate surface area is 183 Å². The number of hydrogen-bond acceptors (Lipinski definition) is 6. The molecule has 0 unspecified atom stereocenters. The summed E-state index contributed by atoms with van der Waals surface area (Å²) in [5, 5.41) is 0.350. The van der Waals surface area contributed by atoms with Crippen molar-refractivity contribution in [2.75, 3.05) is 38.2 Å². The zero-order valence-corrected chi connectivity index (χ0v) is 17.9. The van der Waals surface area contributed by atoms with Crippen LogP contribution < -0.4 is 10.5 Å². The Kier molecular flexibility index (Phi) is 5.85. The highest BCUT2D eigenvalue weighted by Crippen LogP contribution is 2.16. The van der Waals surface area contributed by atoms with Gasteiger partial charge in [-0.15, -0.1) is 0 Å². The van der Waals surface area contributed by atoms with Crippen LogP contribution in [0.2, 0.25) is 0 Å². The normalized spacial score (nSPS) is 14.0. The van der Waals surface area contributed by atoms with Crippen LogP contribution in [0.25, 0.3) is 10.9 Å². The minimum Gasteiger partial charge on any atom is -0.465 e. The molecule has 160 valence electrons. The summed E-state index contributed by atoms with van der Waals surface area (Å²) in [6.45, 7) is 2.48. The number of ether oxygens (including phenoxy) is 1. The molecule has 2 aromatic carbocycles. The van der Waals surface area contributed by atoms with Gasteiger partial charge in [0.25, 0.3) is 5.56 Å². The van der Waals surface area contributed by atoms with Crippen LogP contribution in [-0.2, 0) is 16.1 Å². The molecule has 0 aliphatic carbocycles. The highest BCUT2D eigenvalue weighted by Gasteiger charge is 2.22. The first kappa shape index (κ1) is 20.8. The summed E-state index contributed by atoms with van der Waals surface area (Å²) in [4.78, 5) is 44.5. The topological polar surface area (TPSA) is 87.6 Å². The van der Waals surface area contributed by atoms with E-state index >= 15 is 0 Å². The van der Waals surface area contributed by atoms with Crippen LogP contribution in [-0.4, -0.2) is 59.6 Å². The minimum atomic E-state index is -0.504. The number of aromatic nitrogens is 2. The number of para-hydroxylation sites is 1. The fraction of sp³-hybridized carbons (Fsp3) is 0.273. The number of nitrogens with one attached hydrogen (secondary N) is 1. The SMILES string of the molecule is COC(=O)c1ccc2c(=O)n(CC(=O)N3CCN(c4ccccc4)CC3)c(=S)[nH]c2c1. The van der Waals surface area contributed by atoms with Gasteiger partial charge in [0.15, 0.2) is 4.77 Å². The molecule has 1 aliphatic heterocycles. The van der Waals surface area contributed by atoms with Crippen molar-refractivity contribution in [3.63, 3.8) is 0 Å². The Morgan fingerprint density at radius 2 is 1.77 bits per heavy atom. The molecule has 31 heavy (non-hydrogen) atoms. The Bertz CT molecular complexity index is 1240. The molecule has 0 saturated carbocycles. The standard InChI is InChI=1S/C22H22N4O4S/c1-30-21(29)15-7-8-17-18(13-15)23-22(31)26(20(17)28)14-19(27)25-11-9-24(10-12-25)16-5-3-2-4-6-16/h2-8,13H,9-12,14H2,1H3,(H,23,31). The van der Waals surface area contributed by atoms with Crippen molar-refractivity contribution >= 4 is 40.7 Å². The molecular weight excluding hydrogens is 416 g/mol. The molecule has 1 aliphatic rings. The molecule has 0 bridgehead atoms. The Balaban J connectivity index is 1.51. The third kappa shape index (κ3) is 4.22.